The largest absolute Gasteiger partial charge is 0.299 e. The zero-order valence-electron chi connectivity index (χ0n) is 18.5. The van der Waals surface area contributed by atoms with Gasteiger partial charge in [-0.15, -0.1) is 0 Å². The maximum absolute atomic E-state index is 12.8. The fourth-order valence-electron chi connectivity index (χ4n) is 5.91. The summed E-state index contributed by atoms with van der Waals surface area (Å²) in [5, 5.41) is 12.6. The molecule has 0 amide bonds. The van der Waals surface area contributed by atoms with Crippen LogP contribution in [0.5, 0.6) is 0 Å². The summed E-state index contributed by atoms with van der Waals surface area (Å²) in [6.07, 6.45) is 3.87. The zero-order chi connectivity index (χ0) is 21.9. The van der Waals surface area contributed by atoms with Crippen molar-refractivity contribution in [2.75, 3.05) is 0 Å². The Bertz CT molecular complexity index is 1740. The molecule has 0 bridgehead atoms. The van der Waals surface area contributed by atoms with Crippen molar-refractivity contribution in [3.05, 3.63) is 96.6 Å². The minimum Gasteiger partial charge on any atom is -0.299 e. The van der Waals surface area contributed by atoms with Crippen LogP contribution in [0.4, 0.5) is 0 Å². The Morgan fingerprint density at radius 3 is 1.88 bits per heavy atom. The van der Waals surface area contributed by atoms with Crippen LogP contribution in [0.3, 0.4) is 0 Å². The number of ketones is 1. The van der Waals surface area contributed by atoms with Crippen LogP contribution >= 0.6 is 0 Å². The third kappa shape index (κ3) is 2.96. The topological polar surface area (TPSA) is 17.1 Å². The molecule has 1 aliphatic rings. The summed E-state index contributed by atoms with van der Waals surface area (Å²) < 4.78 is 0. The normalized spacial score (nSPS) is 17.0. The van der Waals surface area contributed by atoms with Crippen LogP contribution in [0, 0.1) is 0 Å². The third-order valence-corrected chi connectivity index (χ3v) is 7.62. The third-order valence-electron chi connectivity index (χ3n) is 7.62. The van der Waals surface area contributed by atoms with E-state index in [9.17, 15) is 4.79 Å². The second-order valence-electron chi connectivity index (χ2n) is 9.59. The Kier molecular flexibility index (Phi) is 4.08. The summed E-state index contributed by atoms with van der Waals surface area (Å²) in [5.41, 5.74) is 1.21. The second kappa shape index (κ2) is 7.15. The molecule has 1 aliphatic carbocycles. The standard InChI is InChI=1S/C32H24O/c33-32-11-4-3-9-28(32)27-10-5-8-22-16-23-12-13-24-17-25-14-20-6-1-2-7-21(20)15-26(25)18-29(24)31(23)19-30(22)27/h1-2,5-8,10,12-19,28H,3-4,9,11H2. The van der Waals surface area contributed by atoms with Crippen LogP contribution in [0.1, 0.15) is 37.2 Å². The van der Waals surface area contributed by atoms with E-state index in [2.05, 4.69) is 91.0 Å². The summed E-state index contributed by atoms with van der Waals surface area (Å²) >= 11 is 0. The van der Waals surface area contributed by atoms with E-state index >= 15 is 0 Å². The molecule has 33 heavy (non-hydrogen) atoms. The van der Waals surface area contributed by atoms with Gasteiger partial charge in [-0.05, 0) is 109 Å². The highest BCUT2D eigenvalue weighted by Crippen LogP contribution is 2.38. The highest BCUT2D eigenvalue weighted by Gasteiger charge is 2.25. The van der Waals surface area contributed by atoms with E-state index in [-0.39, 0.29) is 5.92 Å². The van der Waals surface area contributed by atoms with Crippen molar-refractivity contribution in [2.24, 2.45) is 0 Å². The first-order valence-corrected chi connectivity index (χ1v) is 12.0. The van der Waals surface area contributed by atoms with Crippen molar-refractivity contribution < 1.29 is 4.79 Å². The lowest BCUT2D eigenvalue weighted by molar-refractivity contribution is -0.121. The van der Waals surface area contributed by atoms with E-state index in [0.717, 1.165) is 25.7 Å². The van der Waals surface area contributed by atoms with Gasteiger partial charge in [-0.2, -0.15) is 0 Å². The van der Waals surface area contributed by atoms with Crippen molar-refractivity contribution in [1.82, 2.24) is 0 Å². The monoisotopic (exact) mass is 424 g/mol. The number of fused-ring (bicyclic) bond motifs is 6. The lowest BCUT2D eigenvalue weighted by atomic mass is 9.80. The van der Waals surface area contributed by atoms with Gasteiger partial charge < -0.3 is 0 Å². The van der Waals surface area contributed by atoms with E-state index in [1.54, 1.807) is 0 Å². The Labute approximate surface area is 192 Å². The molecule has 0 saturated heterocycles. The number of rotatable bonds is 1. The molecule has 0 heterocycles. The Morgan fingerprint density at radius 1 is 0.515 bits per heavy atom. The number of benzene rings is 6. The SMILES string of the molecule is O=C1CCCCC1c1cccc2cc3ccc4cc5cc6ccccc6cc5cc4c3cc12. The Hall–Kier alpha value is -3.71. The van der Waals surface area contributed by atoms with Crippen LogP contribution in [0.15, 0.2) is 91.0 Å². The lowest BCUT2D eigenvalue weighted by Gasteiger charge is -2.22. The van der Waals surface area contributed by atoms with E-state index in [1.807, 2.05) is 0 Å². The van der Waals surface area contributed by atoms with Gasteiger partial charge in [0.25, 0.3) is 0 Å². The van der Waals surface area contributed by atoms with Gasteiger partial charge in [-0.1, -0.05) is 61.0 Å². The van der Waals surface area contributed by atoms with Crippen LogP contribution in [-0.4, -0.2) is 5.78 Å². The van der Waals surface area contributed by atoms with Gasteiger partial charge in [0.05, 0.1) is 0 Å². The van der Waals surface area contributed by atoms with Crippen molar-refractivity contribution in [1.29, 1.82) is 0 Å². The number of Topliss-reactive ketones (excluding diaryl/α,β-unsaturated/α-hetero) is 1. The maximum atomic E-state index is 12.8. The average Bonchev–Trinajstić information content (AvgIpc) is 2.85. The van der Waals surface area contributed by atoms with Crippen molar-refractivity contribution in [3.63, 3.8) is 0 Å². The van der Waals surface area contributed by atoms with Gasteiger partial charge in [0.15, 0.2) is 0 Å². The fraction of sp³-hybridized carbons (Fsp3) is 0.156. The molecule has 1 nitrogen and oxygen atoms in total. The van der Waals surface area contributed by atoms with Gasteiger partial charge in [-0.3, -0.25) is 4.79 Å². The van der Waals surface area contributed by atoms with E-state index < -0.39 is 0 Å². The summed E-state index contributed by atoms with van der Waals surface area (Å²) in [6.45, 7) is 0. The average molecular weight is 425 g/mol. The molecule has 0 spiro atoms. The first-order valence-electron chi connectivity index (χ1n) is 12.0. The van der Waals surface area contributed by atoms with Crippen molar-refractivity contribution >= 4 is 59.6 Å². The molecule has 7 rings (SSSR count). The summed E-state index contributed by atoms with van der Waals surface area (Å²) in [4.78, 5) is 12.8. The number of carbonyl (C=O) groups is 1. The predicted molar refractivity (Wildman–Crippen MR) is 140 cm³/mol. The first-order chi connectivity index (χ1) is 16.2. The maximum Gasteiger partial charge on any atom is 0.140 e. The molecule has 0 aliphatic heterocycles. The van der Waals surface area contributed by atoms with Crippen molar-refractivity contribution in [3.8, 4) is 0 Å². The minimum atomic E-state index is 0.0436. The molecule has 0 N–H and O–H groups in total. The van der Waals surface area contributed by atoms with E-state index in [0.29, 0.717) is 5.78 Å². The lowest BCUT2D eigenvalue weighted by Crippen LogP contribution is -2.17. The number of hydrogen-bond donors (Lipinski definition) is 0. The van der Waals surface area contributed by atoms with Crippen LogP contribution < -0.4 is 0 Å². The number of carbonyl (C=O) groups excluding carboxylic acids is 1. The summed E-state index contributed by atoms with van der Waals surface area (Å²) in [6, 6.07) is 33.4. The van der Waals surface area contributed by atoms with Gasteiger partial charge in [0, 0.05) is 12.3 Å². The molecule has 1 fully saturated rings. The minimum absolute atomic E-state index is 0.0436. The molecule has 1 atom stereocenters. The molecule has 0 radical (unpaired) electrons. The molecular weight excluding hydrogens is 400 g/mol. The highest BCUT2D eigenvalue weighted by atomic mass is 16.1. The quantitative estimate of drug-likeness (QED) is 0.191. The number of hydrogen-bond acceptors (Lipinski definition) is 1. The molecule has 1 heteroatoms. The smallest absolute Gasteiger partial charge is 0.140 e. The molecule has 0 aromatic heterocycles. The van der Waals surface area contributed by atoms with Gasteiger partial charge in [0.2, 0.25) is 0 Å². The van der Waals surface area contributed by atoms with Gasteiger partial charge >= 0.3 is 0 Å². The Morgan fingerprint density at radius 2 is 1.12 bits per heavy atom. The first kappa shape index (κ1) is 18.8. The van der Waals surface area contributed by atoms with Crippen molar-refractivity contribution in [2.45, 2.75) is 31.6 Å². The predicted octanol–water partition coefficient (Wildman–Crippen LogP) is 8.68. The molecule has 1 unspecified atom stereocenters. The van der Waals surface area contributed by atoms with E-state index in [1.165, 1.54) is 59.4 Å². The Balaban J connectivity index is 1.53. The summed E-state index contributed by atoms with van der Waals surface area (Å²) in [5.74, 6) is 0.451. The summed E-state index contributed by atoms with van der Waals surface area (Å²) in [7, 11) is 0. The van der Waals surface area contributed by atoms with Gasteiger partial charge in [0.1, 0.15) is 5.78 Å². The zero-order valence-corrected chi connectivity index (χ0v) is 18.5. The fourth-order valence-corrected chi connectivity index (χ4v) is 5.91. The van der Waals surface area contributed by atoms with E-state index in [4.69, 9.17) is 0 Å². The molecule has 6 aromatic carbocycles. The molecule has 6 aromatic rings. The molecular formula is C32H24O. The highest BCUT2D eigenvalue weighted by molar-refractivity contribution is 6.16. The van der Waals surface area contributed by atoms with Gasteiger partial charge in [-0.25, -0.2) is 0 Å². The van der Waals surface area contributed by atoms with Crippen LogP contribution in [0.25, 0.3) is 53.9 Å². The van der Waals surface area contributed by atoms with Crippen LogP contribution in [-0.2, 0) is 4.79 Å². The molecule has 1 saturated carbocycles. The molecule has 158 valence electrons. The second-order valence-corrected chi connectivity index (χ2v) is 9.59. The van der Waals surface area contributed by atoms with Crippen LogP contribution in [0.2, 0.25) is 0 Å².